The van der Waals surface area contributed by atoms with Crippen LogP contribution in [0, 0.1) is 5.92 Å². The Morgan fingerprint density at radius 3 is 2.59 bits per heavy atom. The Morgan fingerprint density at radius 1 is 1.29 bits per heavy atom. The highest BCUT2D eigenvalue weighted by molar-refractivity contribution is 5.92. The Hall–Kier alpha value is -1.50. The quantitative estimate of drug-likeness (QED) is 0.716. The summed E-state index contributed by atoms with van der Waals surface area (Å²) in [7, 11) is 0. The molecule has 17 heavy (non-hydrogen) atoms. The molecule has 0 aliphatic heterocycles. The second-order valence-corrected chi connectivity index (χ2v) is 4.65. The van der Waals surface area contributed by atoms with Crippen LogP contribution in [0.5, 0.6) is 0 Å². The zero-order valence-corrected chi connectivity index (χ0v) is 11.1. The molecule has 2 rings (SSSR count). The SMILES string of the molecule is C/C=C(\c1c(CC)oc2ccccc12)C(C)C. The first-order valence-corrected chi connectivity index (χ1v) is 6.36. The summed E-state index contributed by atoms with van der Waals surface area (Å²) in [4.78, 5) is 0. The number of fused-ring (bicyclic) bond motifs is 1. The van der Waals surface area contributed by atoms with Gasteiger partial charge in [-0.2, -0.15) is 0 Å². The smallest absolute Gasteiger partial charge is 0.134 e. The van der Waals surface area contributed by atoms with E-state index in [-0.39, 0.29) is 0 Å². The van der Waals surface area contributed by atoms with E-state index in [4.69, 9.17) is 4.42 Å². The largest absolute Gasteiger partial charge is 0.460 e. The number of furan rings is 1. The first-order valence-electron chi connectivity index (χ1n) is 6.36. The van der Waals surface area contributed by atoms with Gasteiger partial charge in [0.1, 0.15) is 11.3 Å². The van der Waals surface area contributed by atoms with Crippen molar-refractivity contribution in [1.29, 1.82) is 0 Å². The highest BCUT2D eigenvalue weighted by Gasteiger charge is 2.17. The van der Waals surface area contributed by atoms with Crippen LogP contribution in [0.25, 0.3) is 16.5 Å². The van der Waals surface area contributed by atoms with Gasteiger partial charge in [0.25, 0.3) is 0 Å². The zero-order valence-electron chi connectivity index (χ0n) is 11.1. The van der Waals surface area contributed by atoms with Crippen molar-refractivity contribution in [3.63, 3.8) is 0 Å². The molecule has 1 heteroatoms. The third-order valence-corrected chi connectivity index (χ3v) is 3.21. The Bertz CT molecular complexity index is 544. The second kappa shape index (κ2) is 4.79. The second-order valence-electron chi connectivity index (χ2n) is 4.65. The first kappa shape index (κ1) is 12.0. The average molecular weight is 228 g/mol. The minimum absolute atomic E-state index is 0.520. The molecule has 1 aromatic heterocycles. The Morgan fingerprint density at radius 2 is 2.00 bits per heavy atom. The normalized spacial score (nSPS) is 12.6. The van der Waals surface area contributed by atoms with Crippen molar-refractivity contribution in [3.8, 4) is 0 Å². The Labute approximate surface area is 103 Å². The van der Waals surface area contributed by atoms with Crippen molar-refractivity contribution in [2.24, 2.45) is 5.92 Å². The fourth-order valence-corrected chi connectivity index (χ4v) is 2.43. The fourth-order valence-electron chi connectivity index (χ4n) is 2.43. The summed E-state index contributed by atoms with van der Waals surface area (Å²) >= 11 is 0. The van der Waals surface area contributed by atoms with Crippen molar-refractivity contribution >= 4 is 16.5 Å². The van der Waals surface area contributed by atoms with Crippen LogP contribution in [0.4, 0.5) is 0 Å². The number of hydrogen-bond donors (Lipinski definition) is 0. The molecule has 0 unspecified atom stereocenters. The van der Waals surface area contributed by atoms with Gasteiger partial charge < -0.3 is 4.42 Å². The molecule has 1 aromatic carbocycles. The van der Waals surface area contributed by atoms with E-state index in [1.54, 1.807) is 0 Å². The minimum atomic E-state index is 0.520. The van der Waals surface area contributed by atoms with E-state index in [1.807, 2.05) is 12.1 Å². The molecule has 0 fully saturated rings. The fraction of sp³-hybridized carbons (Fsp3) is 0.375. The molecule has 0 amide bonds. The molecule has 0 aliphatic carbocycles. The molecule has 0 N–H and O–H groups in total. The van der Waals surface area contributed by atoms with Crippen molar-refractivity contribution in [1.82, 2.24) is 0 Å². The lowest BCUT2D eigenvalue weighted by Gasteiger charge is -2.11. The molecule has 0 atom stereocenters. The van der Waals surface area contributed by atoms with Crippen molar-refractivity contribution in [2.75, 3.05) is 0 Å². The summed E-state index contributed by atoms with van der Waals surface area (Å²) in [6.07, 6.45) is 3.15. The van der Waals surface area contributed by atoms with Crippen LogP contribution in [-0.2, 0) is 6.42 Å². The number of rotatable bonds is 3. The summed E-state index contributed by atoms with van der Waals surface area (Å²) in [6.45, 7) is 8.72. The molecule has 0 bridgehead atoms. The molecular weight excluding hydrogens is 208 g/mol. The van der Waals surface area contributed by atoms with Gasteiger partial charge in [-0.25, -0.2) is 0 Å². The highest BCUT2D eigenvalue weighted by atomic mass is 16.3. The third kappa shape index (κ3) is 2.02. The molecule has 0 spiro atoms. The number of aryl methyl sites for hydroxylation is 1. The van der Waals surface area contributed by atoms with Gasteiger partial charge in [-0.05, 0) is 24.5 Å². The molecule has 1 nitrogen and oxygen atoms in total. The molecule has 90 valence electrons. The van der Waals surface area contributed by atoms with Gasteiger partial charge in [0.2, 0.25) is 0 Å². The molecule has 0 radical (unpaired) electrons. The summed E-state index contributed by atoms with van der Waals surface area (Å²) in [6, 6.07) is 8.30. The summed E-state index contributed by atoms with van der Waals surface area (Å²) in [5.74, 6) is 1.62. The molecule has 1 heterocycles. The molecule has 0 saturated heterocycles. The van der Waals surface area contributed by atoms with Gasteiger partial charge in [-0.1, -0.05) is 45.0 Å². The number of para-hydroxylation sites is 1. The Kier molecular flexibility index (Phi) is 3.37. The van der Waals surface area contributed by atoms with Gasteiger partial charge in [-0.15, -0.1) is 0 Å². The van der Waals surface area contributed by atoms with Crippen LogP contribution < -0.4 is 0 Å². The van der Waals surface area contributed by atoms with E-state index < -0.39 is 0 Å². The standard InChI is InChI=1S/C16H20O/c1-5-12(11(3)4)16-13-9-7-8-10-15(13)17-14(16)6-2/h5,7-11H,6H2,1-4H3/b12-5-. The maximum Gasteiger partial charge on any atom is 0.134 e. The minimum Gasteiger partial charge on any atom is -0.460 e. The summed E-state index contributed by atoms with van der Waals surface area (Å²) in [5.41, 5.74) is 3.69. The van der Waals surface area contributed by atoms with Crippen LogP contribution in [0.1, 0.15) is 39.0 Å². The van der Waals surface area contributed by atoms with E-state index in [2.05, 4.69) is 45.9 Å². The van der Waals surface area contributed by atoms with Crippen molar-refractivity contribution in [2.45, 2.75) is 34.1 Å². The van der Waals surface area contributed by atoms with E-state index >= 15 is 0 Å². The maximum absolute atomic E-state index is 5.94. The van der Waals surface area contributed by atoms with Gasteiger partial charge in [-0.3, -0.25) is 0 Å². The van der Waals surface area contributed by atoms with Crippen LogP contribution in [0.3, 0.4) is 0 Å². The van der Waals surface area contributed by atoms with Crippen LogP contribution >= 0.6 is 0 Å². The van der Waals surface area contributed by atoms with E-state index in [0.717, 1.165) is 17.8 Å². The zero-order chi connectivity index (χ0) is 12.4. The lowest BCUT2D eigenvalue weighted by atomic mass is 9.92. The first-order chi connectivity index (χ1) is 8.19. The lowest BCUT2D eigenvalue weighted by molar-refractivity contribution is 0.554. The molecule has 0 saturated carbocycles. The predicted octanol–water partition coefficient (Wildman–Crippen LogP) is 5.05. The van der Waals surface area contributed by atoms with Crippen molar-refractivity contribution in [3.05, 3.63) is 41.7 Å². The van der Waals surface area contributed by atoms with Crippen molar-refractivity contribution < 1.29 is 4.42 Å². The Balaban J connectivity index is 2.73. The summed E-state index contributed by atoms with van der Waals surface area (Å²) in [5, 5.41) is 1.24. The maximum atomic E-state index is 5.94. The third-order valence-electron chi connectivity index (χ3n) is 3.21. The van der Waals surface area contributed by atoms with E-state index in [0.29, 0.717) is 5.92 Å². The van der Waals surface area contributed by atoms with Gasteiger partial charge >= 0.3 is 0 Å². The highest BCUT2D eigenvalue weighted by Crippen LogP contribution is 2.35. The molecule has 2 aromatic rings. The van der Waals surface area contributed by atoms with Crippen LogP contribution in [-0.4, -0.2) is 0 Å². The van der Waals surface area contributed by atoms with E-state index in [1.165, 1.54) is 16.5 Å². The molecular formula is C16H20O. The van der Waals surface area contributed by atoms with Gasteiger partial charge in [0.15, 0.2) is 0 Å². The monoisotopic (exact) mass is 228 g/mol. The topological polar surface area (TPSA) is 13.1 Å². The number of allylic oxidation sites excluding steroid dienone is 2. The predicted molar refractivity (Wildman–Crippen MR) is 74.1 cm³/mol. The summed E-state index contributed by atoms with van der Waals surface area (Å²) < 4.78 is 5.94. The average Bonchev–Trinajstić information content (AvgIpc) is 2.69. The van der Waals surface area contributed by atoms with Crippen LogP contribution in [0.15, 0.2) is 34.8 Å². The van der Waals surface area contributed by atoms with Crippen LogP contribution in [0.2, 0.25) is 0 Å². The molecule has 0 aliphatic rings. The van der Waals surface area contributed by atoms with E-state index in [9.17, 15) is 0 Å². The van der Waals surface area contributed by atoms with Gasteiger partial charge in [0, 0.05) is 17.4 Å². The lowest BCUT2D eigenvalue weighted by Crippen LogP contribution is -1.95. The number of hydrogen-bond acceptors (Lipinski definition) is 1. The van der Waals surface area contributed by atoms with Gasteiger partial charge in [0.05, 0.1) is 0 Å². The number of benzene rings is 1.